The normalized spacial score (nSPS) is 11.1. The van der Waals surface area contributed by atoms with Gasteiger partial charge in [-0.1, -0.05) is 6.92 Å². The van der Waals surface area contributed by atoms with E-state index < -0.39 is 5.97 Å². The van der Waals surface area contributed by atoms with Gasteiger partial charge in [0, 0.05) is 29.4 Å². The van der Waals surface area contributed by atoms with Gasteiger partial charge in [0.1, 0.15) is 5.01 Å². The van der Waals surface area contributed by atoms with Gasteiger partial charge >= 0.3 is 5.97 Å². The molecule has 2 aromatic heterocycles. The molecule has 0 atom stereocenters. The van der Waals surface area contributed by atoms with Crippen LogP contribution < -0.4 is 0 Å². The average Bonchev–Trinajstić information content (AvgIpc) is 3.04. The van der Waals surface area contributed by atoms with Crippen LogP contribution in [-0.2, 0) is 11.3 Å². The summed E-state index contributed by atoms with van der Waals surface area (Å²) in [5.41, 5.74) is 2.17. The van der Waals surface area contributed by atoms with Crippen LogP contribution in [0, 0.1) is 0 Å². The molecule has 0 spiro atoms. The lowest BCUT2D eigenvalue weighted by atomic mass is 10.3. The molecule has 4 nitrogen and oxygen atoms in total. The first-order valence-electron chi connectivity index (χ1n) is 6.10. The number of carboxylic acid groups (broad SMARTS) is 1. The smallest absolute Gasteiger partial charge is 0.304 e. The van der Waals surface area contributed by atoms with Crippen molar-refractivity contribution >= 4 is 28.6 Å². The molecule has 102 valence electrons. The predicted octanol–water partition coefficient (Wildman–Crippen LogP) is 3.17. The summed E-state index contributed by atoms with van der Waals surface area (Å²) in [6.45, 7) is 4.15. The number of nitrogens with zero attached hydrogens (tertiary/aromatic N) is 2. The zero-order valence-electron chi connectivity index (χ0n) is 10.7. The van der Waals surface area contributed by atoms with Crippen molar-refractivity contribution in [2.45, 2.75) is 19.9 Å². The largest absolute Gasteiger partial charge is 0.481 e. The standard InChI is InChI=1S/C13H16N2O2S2/c1-2-15(5-3-12(16)17)7-11-9-19-13(14-11)10-4-6-18-8-10/h4,6,8-9H,2-3,5,7H2,1H3,(H,16,17). The number of rotatable bonds is 7. The molecule has 0 saturated carbocycles. The fraction of sp³-hybridized carbons (Fsp3) is 0.385. The Bertz CT molecular complexity index is 522. The molecule has 0 unspecified atom stereocenters. The first kappa shape index (κ1) is 14.2. The first-order valence-corrected chi connectivity index (χ1v) is 7.92. The minimum atomic E-state index is -0.754. The maximum Gasteiger partial charge on any atom is 0.304 e. The van der Waals surface area contributed by atoms with E-state index in [1.54, 1.807) is 22.7 Å². The first-order chi connectivity index (χ1) is 9.19. The maximum atomic E-state index is 10.6. The molecule has 2 heterocycles. The fourth-order valence-corrected chi connectivity index (χ4v) is 3.25. The molecule has 0 radical (unpaired) electrons. The van der Waals surface area contributed by atoms with Gasteiger partial charge in [-0.05, 0) is 18.0 Å². The summed E-state index contributed by atoms with van der Waals surface area (Å²) in [5, 5.41) is 15.9. The molecule has 0 aliphatic carbocycles. The number of hydrogen-bond donors (Lipinski definition) is 1. The highest BCUT2D eigenvalue weighted by atomic mass is 32.1. The Balaban J connectivity index is 1.96. The minimum absolute atomic E-state index is 0.176. The molecule has 2 aromatic rings. The van der Waals surface area contributed by atoms with E-state index >= 15 is 0 Å². The number of thiazole rings is 1. The summed E-state index contributed by atoms with van der Waals surface area (Å²) in [6, 6.07) is 2.06. The van der Waals surface area contributed by atoms with Gasteiger partial charge < -0.3 is 5.11 Å². The van der Waals surface area contributed by atoms with Crippen LogP contribution >= 0.6 is 22.7 Å². The molecule has 0 aromatic carbocycles. The summed E-state index contributed by atoms with van der Waals surface area (Å²) in [6.07, 6.45) is 0.176. The Morgan fingerprint density at radius 3 is 2.95 bits per heavy atom. The monoisotopic (exact) mass is 296 g/mol. The third kappa shape index (κ3) is 4.12. The van der Waals surface area contributed by atoms with E-state index in [1.807, 2.05) is 12.3 Å². The van der Waals surface area contributed by atoms with Crippen molar-refractivity contribution in [3.8, 4) is 10.6 Å². The van der Waals surface area contributed by atoms with E-state index in [-0.39, 0.29) is 6.42 Å². The molecule has 0 amide bonds. The van der Waals surface area contributed by atoms with Gasteiger partial charge in [0.05, 0.1) is 12.1 Å². The average molecular weight is 296 g/mol. The minimum Gasteiger partial charge on any atom is -0.481 e. The van der Waals surface area contributed by atoms with Crippen molar-refractivity contribution in [2.24, 2.45) is 0 Å². The molecular formula is C13H16N2O2S2. The van der Waals surface area contributed by atoms with E-state index in [4.69, 9.17) is 5.11 Å². The van der Waals surface area contributed by atoms with E-state index in [1.165, 1.54) is 0 Å². The van der Waals surface area contributed by atoms with Crippen LogP contribution in [0.25, 0.3) is 10.6 Å². The summed E-state index contributed by atoms with van der Waals surface area (Å²) in [5.74, 6) is -0.754. The van der Waals surface area contributed by atoms with Crippen LogP contribution in [0.4, 0.5) is 0 Å². The number of aliphatic carboxylic acids is 1. The Labute approximate surface area is 120 Å². The predicted molar refractivity (Wildman–Crippen MR) is 78.6 cm³/mol. The summed E-state index contributed by atoms with van der Waals surface area (Å²) >= 11 is 3.30. The van der Waals surface area contributed by atoms with Crippen molar-refractivity contribution in [1.29, 1.82) is 0 Å². The highest BCUT2D eigenvalue weighted by Crippen LogP contribution is 2.26. The van der Waals surface area contributed by atoms with Crippen molar-refractivity contribution < 1.29 is 9.90 Å². The van der Waals surface area contributed by atoms with Gasteiger partial charge in [0.15, 0.2) is 0 Å². The van der Waals surface area contributed by atoms with Crippen molar-refractivity contribution in [1.82, 2.24) is 9.88 Å². The summed E-state index contributed by atoms with van der Waals surface area (Å²) < 4.78 is 0. The van der Waals surface area contributed by atoms with Gasteiger partial charge in [-0.15, -0.1) is 11.3 Å². The second-order valence-electron chi connectivity index (χ2n) is 4.17. The number of hydrogen-bond acceptors (Lipinski definition) is 5. The van der Waals surface area contributed by atoms with Gasteiger partial charge in [-0.3, -0.25) is 9.69 Å². The second-order valence-corrected chi connectivity index (χ2v) is 5.81. The van der Waals surface area contributed by atoms with E-state index in [2.05, 4.69) is 26.7 Å². The van der Waals surface area contributed by atoms with Crippen molar-refractivity contribution in [2.75, 3.05) is 13.1 Å². The second kappa shape index (κ2) is 6.79. The van der Waals surface area contributed by atoms with Crippen LogP contribution in [0.1, 0.15) is 19.0 Å². The third-order valence-corrected chi connectivity index (χ3v) is 4.42. The Morgan fingerprint density at radius 1 is 1.47 bits per heavy atom. The summed E-state index contributed by atoms with van der Waals surface area (Å²) in [4.78, 5) is 17.3. The Hall–Kier alpha value is -1.24. The molecule has 1 N–H and O–H groups in total. The molecule has 2 rings (SSSR count). The lowest BCUT2D eigenvalue weighted by molar-refractivity contribution is -0.137. The van der Waals surface area contributed by atoms with E-state index in [0.717, 1.165) is 22.8 Å². The van der Waals surface area contributed by atoms with E-state index in [0.29, 0.717) is 13.1 Å². The third-order valence-electron chi connectivity index (χ3n) is 2.79. The molecule has 0 bridgehead atoms. The van der Waals surface area contributed by atoms with Gasteiger partial charge in [0.25, 0.3) is 0 Å². The Kier molecular flexibility index (Phi) is 5.07. The molecule has 6 heteroatoms. The zero-order valence-corrected chi connectivity index (χ0v) is 12.3. The van der Waals surface area contributed by atoms with Crippen molar-refractivity contribution in [3.63, 3.8) is 0 Å². The SMILES string of the molecule is CCN(CCC(=O)O)Cc1csc(-c2ccsc2)n1. The molecule has 19 heavy (non-hydrogen) atoms. The van der Waals surface area contributed by atoms with Crippen LogP contribution in [-0.4, -0.2) is 34.0 Å². The van der Waals surface area contributed by atoms with E-state index in [9.17, 15) is 4.79 Å². The zero-order chi connectivity index (χ0) is 13.7. The van der Waals surface area contributed by atoms with Crippen LogP contribution in [0.2, 0.25) is 0 Å². The number of aromatic nitrogens is 1. The van der Waals surface area contributed by atoms with Crippen LogP contribution in [0.15, 0.2) is 22.2 Å². The molecular weight excluding hydrogens is 280 g/mol. The lowest BCUT2D eigenvalue weighted by Gasteiger charge is -2.17. The van der Waals surface area contributed by atoms with Gasteiger partial charge in [0.2, 0.25) is 0 Å². The lowest BCUT2D eigenvalue weighted by Crippen LogP contribution is -2.25. The summed E-state index contributed by atoms with van der Waals surface area (Å²) in [7, 11) is 0. The maximum absolute atomic E-state index is 10.6. The highest BCUT2D eigenvalue weighted by molar-refractivity contribution is 7.14. The molecule has 0 aliphatic rings. The molecule has 0 saturated heterocycles. The fourth-order valence-electron chi connectivity index (χ4n) is 1.73. The van der Waals surface area contributed by atoms with Crippen LogP contribution in [0.3, 0.4) is 0 Å². The van der Waals surface area contributed by atoms with Crippen molar-refractivity contribution in [3.05, 3.63) is 27.9 Å². The van der Waals surface area contributed by atoms with Gasteiger partial charge in [-0.25, -0.2) is 4.98 Å². The number of carboxylic acids is 1. The Morgan fingerprint density at radius 2 is 2.32 bits per heavy atom. The van der Waals surface area contributed by atoms with Crippen LogP contribution in [0.5, 0.6) is 0 Å². The molecule has 0 aliphatic heterocycles. The highest BCUT2D eigenvalue weighted by Gasteiger charge is 2.10. The van der Waals surface area contributed by atoms with Gasteiger partial charge in [-0.2, -0.15) is 11.3 Å². The topological polar surface area (TPSA) is 53.4 Å². The number of carbonyl (C=O) groups is 1. The quantitative estimate of drug-likeness (QED) is 0.852. The molecule has 0 fully saturated rings. The number of thiophene rings is 1.